The van der Waals surface area contributed by atoms with Crippen molar-refractivity contribution in [2.24, 2.45) is 35.0 Å². The lowest BCUT2D eigenvalue weighted by atomic mass is 9.61. The molecular weight excluding hydrogens is 420 g/mol. The third-order valence-electron chi connectivity index (χ3n) is 9.81. The van der Waals surface area contributed by atoms with Gasteiger partial charge in [0.15, 0.2) is 0 Å². The van der Waals surface area contributed by atoms with E-state index in [0.29, 0.717) is 36.0 Å². The first kappa shape index (κ1) is 25.3. The van der Waals surface area contributed by atoms with Crippen LogP contribution in [0.2, 0.25) is 0 Å². The van der Waals surface area contributed by atoms with Crippen molar-refractivity contribution in [1.82, 2.24) is 4.90 Å². The van der Waals surface area contributed by atoms with Crippen LogP contribution in [0.25, 0.3) is 0 Å². The lowest BCUT2D eigenvalue weighted by Crippen LogP contribution is -2.39. The second-order valence-electron chi connectivity index (χ2n) is 12.0. The Morgan fingerprint density at radius 1 is 1.15 bits per heavy atom. The van der Waals surface area contributed by atoms with Crippen molar-refractivity contribution in [3.8, 4) is 0 Å². The van der Waals surface area contributed by atoms with E-state index in [9.17, 15) is 19.0 Å². The molecule has 0 aromatic carbocycles. The van der Waals surface area contributed by atoms with Gasteiger partial charge in [-0.05, 0) is 80.6 Å². The topological polar surface area (TPSA) is 43.7 Å². The maximum Gasteiger partial charge on any atom is 0.238 e. The minimum Gasteiger partial charge on any atom is -0.393 e. The molecule has 0 radical (unpaired) electrons. The first-order chi connectivity index (χ1) is 15.7. The van der Waals surface area contributed by atoms with E-state index >= 15 is 0 Å². The van der Waals surface area contributed by atoms with Gasteiger partial charge in [-0.15, -0.1) is 0 Å². The van der Waals surface area contributed by atoms with Crippen LogP contribution >= 0.6 is 0 Å². The molecule has 0 aromatic heterocycles. The van der Waals surface area contributed by atoms with Crippen molar-refractivity contribution in [2.75, 3.05) is 19.6 Å². The van der Waals surface area contributed by atoms with Gasteiger partial charge in [-0.1, -0.05) is 44.1 Å². The van der Waals surface area contributed by atoms with Gasteiger partial charge in [0, 0.05) is 31.8 Å². The van der Waals surface area contributed by atoms with Gasteiger partial charge in [0.2, 0.25) is 6.43 Å². The lowest BCUT2D eigenvalue weighted by molar-refractivity contribution is 0.0333. The van der Waals surface area contributed by atoms with Crippen LogP contribution in [0.4, 0.5) is 8.78 Å². The molecule has 2 N–H and O–H groups in total. The quantitative estimate of drug-likeness (QED) is 0.519. The van der Waals surface area contributed by atoms with Gasteiger partial charge >= 0.3 is 0 Å². The lowest BCUT2D eigenvalue weighted by Gasteiger charge is -2.45. The Bertz CT molecular complexity index is 737. The fraction of sp³-hybridized carbons (Fsp3) is 0.857. The van der Waals surface area contributed by atoms with E-state index in [4.69, 9.17) is 0 Å². The highest BCUT2D eigenvalue weighted by molar-refractivity contribution is 5.27. The minimum absolute atomic E-state index is 0.0600. The molecule has 5 heteroatoms. The summed E-state index contributed by atoms with van der Waals surface area (Å²) in [5.41, 5.74) is 3.06. The number of hydrogen-bond donors (Lipinski definition) is 2. The standard InChI is InChI=1S/C28H45F2NO2/c1-18(16-31-12-10-20(17-31)13-27(29)30)24-8-9-25-21(5-4-11-28(24,25)3)6-7-22-14-23(32)15-26(33)19(22)2/h6-7,18-20,23-27,32-33H,4-5,8-17H2,1-3H3/b21-6+,22-7-/t18-,19?,20-,23-,24-,25+,26+,28-/m1/s1. The van der Waals surface area contributed by atoms with E-state index in [-0.39, 0.29) is 18.3 Å². The van der Waals surface area contributed by atoms with Gasteiger partial charge < -0.3 is 15.1 Å². The Kier molecular flexibility index (Phi) is 8.02. The first-order valence-corrected chi connectivity index (χ1v) is 13.4. The van der Waals surface area contributed by atoms with Crippen LogP contribution < -0.4 is 0 Å². The van der Waals surface area contributed by atoms with Crippen LogP contribution in [0, 0.1) is 35.0 Å². The van der Waals surface area contributed by atoms with E-state index in [0.717, 1.165) is 32.5 Å². The maximum absolute atomic E-state index is 12.8. The molecular formula is C28H45F2NO2. The Morgan fingerprint density at radius 2 is 1.91 bits per heavy atom. The monoisotopic (exact) mass is 465 g/mol. The van der Waals surface area contributed by atoms with Gasteiger partial charge in [-0.3, -0.25) is 0 Å². The molecule has 4 fully saturated rings. The molecule has 0 bridgehead atoms. The molecule has 0 spiro atoms. The summed E-state index contributed by atoms with van der Waals surface area (Å²) in [6.45, 7) is 9.84. The van der Waals surface area contributed by atoms with Crippen molar-refractivity contribution in [2.45, 2.75) is 97.2 Å². The number of halogens is 2. The maximum atomic E-state index is 12.8. The Balaban J connectivity index is 1.41. The zero-order valence-corrected chi connectivity index (χ0v) is 20.9. The number of hydrogen-bond acceptors (Lipinski definition) is 3. The van der Waals surface area contributed by atoms with E-state index in [1.807, 2.05) is 0 Å². The predicted molar refractivity (Wildman–Crippen MR) is 129 cm³/mol. The van der Waals surface area contributed by atoms with E-state index in [1.54, 1.807) is 5.57 Å². The summed E-state index contributed by atoms with van der Waals surface area (Å²) in [6.07, 6.45) is 9.80. The molecule has 4 aliphatic rings. The number of alkyl halides is 2. The number of allylic oxidation sites excluding steroid dienone is 3. The molecule has 0 aromatic rings. The normalized spacial score (nSPS) is 43.5. The third kappa shape index (κ3) is 5.56. The average Bonchev–Trinajstić information content (AvgIpc) is 3.32. The van der Waals surface area contributed by atoms with Crippen molar-refractivity contribution >= 4 is 0 Å². The predicted octanol–water partition coefficient (Wildman–Crippen LogP) is 5.82. The largest absolute Gasteiger partial charge is 0.393 e. The molecule has 3 aliphatic carbocycles. The van der Waals surface area contributed by atoms with E-state index < -0.39 is 18.6 Å². The fourth-order valence-electron chi connectivity index (χ4n) is 7.98. The molecule has 3 nitrogen and oxygen atoms in total. The second-order valence-corrected chi connectivity index (χ2v) is 12.0. The highest BCUT2D eigenvalue weighted by Gasteiger charge is 2.50. The summed E-state index contributed by atoms with van der Waals surface area (Å²) < 4.78 is 25.6. The summed E-state index contributed by atoms with van der Waals surface area (Å²) in [5.74, 6) is 2.18. The molecule has 1 unspecified atom stereocenters. The Morgan fingerprint density at radius 3 is 2.67 bits per heavy atom. The molecule has 8 atom stereocenters. The fourth-order valence-corrected chi connectivity index (χ4v) is 7.98. The summed E-state index contributed by atoms with van der Waals surface area (Å²) in [5, 5.41) is 20.4. The molecule has 1 saturated heterocycles. The number of aliphatic hydroxyl groups excluding tert-OH is 2. The Labute approximate surface area is 199 Å². The smallest absolute Gasteiger partial charge is 0.238 e. The van der Waals surface area contributed by atoms with Gasteiger partial charge in [0.1, 0.15) is 0 Å². The van der Waals surface area contributed by atoms with Gasteiger partial charge in [0.05, 0.1) is 12.2 Å². The summed E-state index contributed by atoms with van der Waals surface area (Å²) >= 11 is 0. The first-order valence-electron chi connectivity index (χ1n) is 13.4. The van der Waals surface area contributed by atoms with Crippen LogP contribution in [0.15, 0.2) is 23.3 Å². The van der Waals surface area contributed by atoms with Crippen molar-refractivity contribution in [3.63, 3.8) is 0 Å². The average molecular weight is 466 g/mol. The number of aliphatic hydroxyl groups is 2. The zero-order chi connectivity index (χ0) is 23.8. The van der Waals surface area contributed by atoms with E-state index in [2.05, 4.69) is 37.8 Å². The van der Waals surface area contributed by atoms with Crippen LogP contribution in [0.3, 0.4) is 0 Å². The van der Waals surface area contributed by atoms with Crippen LogP contribution in [0.1, 0.15) is 78.6 Å². The van der Waals surface area contributed by atoms with Crippen LogP contribution in [-0.4, -0.2) is 53.4 Å². The van der Waals surface area contributed by atoms with Crippen molar-refractivity contribution < 1.29 is 19.0 Å². The summed E-state index contributed by atoms with van der Waals surface area (Å²) in [4.78, 5) is 2.44. The molecule has 188 valence electrons. The molecule has 4 rings (SSSR count). The van der Waals surface area contributed by atoms with Crippen molar-refractivity contribution in [1.29, 1.82) is 0 Å². The SMILES string of the molecule is CC1/C(=C\C=C2/CCC[C@]3(C)[C@@H]([C@H](C)CN4CC[C@H](CC(F)F)C4)CC[C@@H]23)C[C@@H](O)C[C@@H]1O. The molecule has 0 amide bonds. The number of fused-ring (bicyclic) bond motifs is 1. The number of nitrogens with zero attached hydrogens (tertiary/aromatic N) is 1. The van der Waals surface area contributed by atoms with Crippen molar-refractivity contribution in [3.05, 3.63) is 23.3 Å². The molecule has 33 heavy (non-hydrogen) atoms. The summed E-state index contributed by atoms with van der Waals surface area (Å²) in [6, 6.07) is 0. The van der Waals surface area contributed by atoms with Crippen LogP contribution in [-0.2, 0) is 0 Å². The summed E-state index contributed by atoms with van der Waals surface area (Å²) in [7, 11) is 0. The van der Waals surface area contributed by atoms with Gasteiger partial charge in [-0.25, -0.2) is 8.78 Å². The molecule has 3 saturated carbocycles. The highest BCUT2D eigenvalue weighted by atomic mass is 19.3. The number of likely N-dealkylation sites (tertiary alicyclic amines) is 1. The number of rotatable bonds is 6. The van der Waals surface area contributed by atoms with Crippen LogP contribution in [0.5, 0.6) is 0 Å². The van der Waals surface area contributed by atoms with Gasteiger partial charge in [0.25, 0.3) is 0 Å². The zero-order valence-electron chi connectivity index (χ0n) is 20.9. The second kappa shape index (κ2) is 10.5. The van der Waals surface area contributed by atoms with Gasteiger partial charge in [-0.2, -0.15) is 0 Å². The minimum atomic E-state index is -2.17. The highest BCUT2D eigenvalue weighted by Crippen LogP contribution is 2.59. The molecule has 1 heterocycles. The van der Waals surface area contributed by atoms with E-state index in [1.165, 1.54) is 31.3 Å². The Hall–Kier alpha value is -0.780. The third-order valence-corrected chi connectivity index (χ3v) is 9.81. The molecule has 1 aliphatic heterocycles.